The molecular weight excluding hydrogens is 438 g/mol. The number of methoxy groups -OCH3 is 1. The zero-order valence-electron chi connectivity index (χ0n) is 20.1. The summed E-state index contributed by atoms with van der Waals surface area (Å²) in [6, 6.07) is 15.9. The first-order valence-electron chi connectivity index (χ1n) is 12.2. The molecule has 7 nitrogen and oxygen atoms in total. The van der Waals surface area contributed by atoms with Gasteiger partial charge in [-0.1, -0.05) is 12.1 Å². The zero-order chi connectivity index (χ0) is 24.0. The summed E-state index contributed by atoms with van der Waals surface area (Å²) < 4.78 is 7.46. The van der Waals surface area contributed by atoms with E-state index in [0.29, 0.717) is 18.0 Å². The zero-order valence-corrected chi connectivity index (χ0v) is 20.1. The van der Waals surface area contributed by atoms with Gasteiger partial charge in [-0.05, 0) is 79.1 Å². The van der Waals surface area contributed by atoms with Gasteiger partial charge in [0.25, 0.3) is 5.91 Å². The monoisotopic (exact) mass is 469 g/mol. The van der Waals surface area contributed by atoms with Crippen LogP contribution < -0.4 is 10.1 Å². The molecule has 5 rings (SSSR count). The number of rotatable bonds is 7. The van der Waals surface area contributed by atoms with Gasteiger partial charge in [0.15, 0.2) is 0 Å². The van der Waals surface area contributed by atoms with Crippen molar-refractivity contribution in [2.24, 2.45) is 5.92 Å². The van der Waals surface area contributed by atoms with Crippen molar-refractivity contribution in [1.82, 2.24) is 19.5 Å². The van der Waals surface area contributed by atoms with Gasteiger partial charge in [-0.25, -0.2) is 4.52 Å². The number of hydrogen-bond donors (Lipinski definition) is 1. The summed E-state index contributed by atoms with van der Waals surface area (Å²) in [7, 11) is 1.64. The number of pyridine rings is 2. The van der Waals surface area contributed by atoms with E-state index < -0.39 is 0 Å². The lowest BCUT2D eigenvalue weighted by Crippen LogP contribution is -2.32. The molecule has 0 saturated carbocycles. The van der Waals surface area contributed by atoms with Gasteiger partial charge in [0.1, 0.15) is 5.75 Å². The Labute approximate surface area is 205 Å². The van der Waals surface area contributed by atoms with E-state index in [-0.39, 0.29) is 5.91 Å². The molecule has 4 heterocycles. The van der Waals surface area contributed by atoms with E-state index in [0.717, 1.165) is 55.8 Å². The minimum Gasteiger partial charge on any atom is -0.495 e. The van der Waals surface area contributed by atoms with E-state index in [1.165, 1.54) is 11.1 Å². The lowest BCUT2D eigenvalue weighted by atomic mass is 9.92. The standard InChI is InChI=1S/C28H31N5O2/c1-35-27-9-8-24(18-25(27)30-20-22-5-2-12-29-19-22)28(34)32-14-3-6-21(11-16-32)17-23-7-4-15-33-26(23)10-13-31-33/h2,4-5,7-10,12-13,15,18-19,21,30H,3,6,11,14,16-17,20H2,1H3/t21-/m1/s1. The van der Waals surface area contributed by atoms with E-state index in [2.05, 4.69) is 33.6 Å². The summed E-state index contributed by atoms with van der Waals surface area (Å²) in [4.78, 5) is 19.6. The van der Waals surface area contributed by atoms with Gasteiger partial charge in [0, 0.05) is 50.0 Å². The van der Waals surface area contributed by atoms with Crippen molar-refractivity contribution >= 4 is 17.1 Å². The number of anilines is 1. The normalized spacial score (nSPS) is 16.1. The molecule has 7 heteroatoms. The summed E-state index contributed by atoms with van der Waals surface area (Å²) in [5.41, 5.74) is 5.06. The van der Waals surface area contributed by atoms with Gasteiger partial charge in [-0.15, -0.1) is 0 Å². The summed E-state index contributed by atoms with van der Waals surface area (Å²) >= 11 is 0. The van der Waals surface area contributed by atoms with Crippen LogP contribution in [-0.2, 0) is 13.0 Å². The molecule has 0 spiro atoms. The summed E-state index contributed by atoms with van der Waals surface area (Å²) in [6.45, 7) is 2.17. The fourth-order valence-electron chi connectivity index (χ4n) is 4.93. The number of nitrogens with one attached hydrogen (secondary N) is 1. The van der Waals surface area contributed by atoms with Crippen LogP contribution in [0, 0.1) is 5.92 Å². The molecule has 35 heavy (non-hydrogen) atoms. The van der Waals surface area contributed by atoms with E-state index >= 15 is 0 Å². The Morgan fingerprint density at radius 2 is 2.06 bits per heavy atom. The molecular formula is C28H31N5O2. The third-order valence-corrected chi connectivity index (χ3v) is 6.82. The number of fused-ring (bicyclic) bond motifs is 1. The Balaban J connectivity index is 1.24. The molecule has 180 valence electrons. The van der Waals surface area contributed by atoms with Crippen LogP contribution in [0.4, 0.5) is 5.69 Å². The molecule has 1 fully saturated rings. The van der Waals surface area contributed by atoms with Gasteiger partial charge < -0.3 is 15.0 Å². The van der Waals surface area contributed by atoms with Crippen LogP contribution >= 0.6 is 0 Å². The fraction of sp³-hybridized carbons (Fsp3) is 0.321. The van der Waals surface area contributed by atoms with Crippen LogP contribution in [0.1, 0.15) is 40.7 Å². The van der Waals surface area contributed by atoms with Crippen molar-refractivity contribution in [3.63, 3.8) is 0 Å². The van der Waals surface area contributed by atoms with Gasteiger partial charge in [-0.2, -0.15) is 5.10 Å². The number of likely N-dealkylation sites (tertiary alicyclic amines) is 1. The van der Waals surface area contributed by atoms with Crippen LogP contribution in [0.2, 0.25) is 0 Å². The first-order valence-corrected chi connectivity index (χ1v) is 12.2. The van der Waals surface area contributed by atoms with E-state index in [9.17, 15) is 4.79 Å². The molecule has 4 aromatic rings. The number of hydrogen-bond acceptors (Lipinski definition) is 5. The van der Waals surface area contributed by atoms with Crippen molar-refractivity contribution in [2.75, 3.05) is 25.5 Å². The highest BCUT2D eigenvalue weighted by Crippen LogP contribution is 2.28. The fourth-order valence-corrected chi connectivity index (χ4v) is 4.93. The number of amides is 1. The molecule has 0 aliphatic carbocycles. The van der Waals surface area contributed by atoms with Crippen LogP contribution in [0.25, 0.3) is 5.52 Å². The number of carbonyl (C=O) groups excluding carboxylic acids is 1. The molecule has 0 bridgehead atoms. The number of ether oxygens (including phenoxy) is 1. The SMILES string of the molecule is COc1ccc(C(=O)N2CCC[C@@H](Cc3cccn4nccc34)CC2)cc1NCc1cccnc1. The Hall–Kier alpha value is -3.87. The summed E-state index contributed by atoms with van der Waals surface area (Å²) in [5.74, 6) is 1.35. The molecule has 1 aromatic carbocycles. The molecule has 1 amide bonds. The quantitative estimate of drug-likeness (QED) is 0.420. The maximum atomic E-state index is 13.4. The molecule has 1 aliphatic heterocycles. The van der Waals surface area contributed by atoms with Gasteiger partial charge in [0.2, 0.25) is 0 Å². The highest BCUT2D eigenvalue weighted by atomic mass is 16.5. The second kappa shape index (κ2) is 10.6. The summed E-state index contributed by atoms with van der Waals surface area (Å²) in [6.07, 6.45) is 11.6. The molecule has 1 saturated heterocycles. The van der Waals surface area contributed by atoms with Crippen molar-refractivity contribution in [3.8, 4) is 5.75 Å². The number of aromatic nitrogens is 3. The van der Waals surface area contributed by atoms with Crippen molar-refractivity contribution in [3.05, 3.63) is 90.0 Å². The highest BCUT2D eigenvalue weighted by Gasteiger charge is 2.23. The van der Waals surface area contributed by atoms with Crippen molar-refractivity contribution in [1.29, 1.82) is 0 Å². The van der Waals surface area contributed by atoms with Gasteiger partial charge >= 0.3 is 0 Å². The first-order chi connectivity index (χ1) is 17.2. The third-order valence-electron chi connectivity index (χ3n) is 6.82. The Morgan fingerprint density at radius 3 is 2.91 bits per heavy atom. The number of nitrogens with zero attached hydrogens (tertiary/aromatic N) is 4. The Bertz CT molecular complexity index is 1290. The predicted molar refractivity (Wildman–Crippen MR) is 137 cm³/mol. The second-order valence-electron chi connectivity index (χ2n) is 9.12. The minimum absolute atomic E-state index is 0.0793. The number of benzene rings is 1. The molecule has 1 aliphatic rings. The minimum atomic E-state index is 0.0793. The maximum absolute atomic E-state index is 13.4. The van der Waals surface area contributed by atoms with E-state index in [4.69, 9.17) is 4.74 Å². The Kier molecular flexibility index (Phi) is 6.93. The highest BCUT2D eigenvalue weighted by molar-refractivity contribution is 5.95. The van der Waals surface area contributed by atoms with E-state index in [1.807, 2.05) is 58.3 Å². The molecule has 0 radical (unpaired) electrons. The largest absolute Gasteiger partial charge is 0.495 e. The van der Waals surface area contributed by atoms with E-state index in [1.54, 1.807) is 13.3 Å². The first kappa shape index (κ1) is 22.9. The van der Waals surface area contributed by atoms with Crippen LogP contribution in [0.15, 0.2) is 73.3 Å². The lowest BCUT2D eigenvalue weighted by Gasteiger charge is -2.22. The third kappa shape index (κ3) is 5.29. The summed E-state index contributed by atoms with van der Waals surface area (Å²) in [5, 5.41) is 7.75. The Morgan fingerprint density at radius 1 is 1.11 bits per heavy atom. The smallest absolute Gasteiger partial charge is 0.253 e. The topological polar surface area (TPSA) is 71.8 Å². The van der Waals surface area contributed by atoms with Crippen molar-refractivity contribution in [2.45, 2.75) is 32.2 Å². The number of carbonyl (C=O) groups is 1. The molecule has 1 atom stereocenters. The van der Waals surface area contributed by atoms with Gasteiger partial charge in [0.05, 0.1) is 18.3 Å². The second-order valence-corrected chi connectivity index (χ2v) is 9.12. The average molecular weight is 470 g/mol. The van der Waals surface area contributed by atoms with Crippen molar-refractivity contribution < 1.29 is 9.53 Å². The van der Waals surface area contributed by atoms with Crippen LogP contribution in [0.5, 0.6) is 5.75 Å². The maximum Gasteiger partial charge on any atom is 0.253 e. The molecule has 1 N–H and O–H groups in total. The van der Waals surface area contributed by atoms with Crippen LogP contribution in [0.3, 0.4) is 0 Å². The molecule has 0 unspecified atom stereocenters. The molecule has 3 aromatic heterocycles. The van der Waals surface area contributed by atoms with Gasteiger partial charge in [-0.3, -0.25) is 9.78 Å². The van der Waals surface area contributed by atoms with Crippen LogP contribution in [-0.4, -0.2) is 45.6 Å². The lowest BCUT2D eigenvalue weighted by molar-refractivity contribution is 0.0760. The predicted octanol–water partition coefficient (Wildman–Crippen LogP) is 4.84. The average Bonchev–Trinajstić information content (AvgIpc) is 3.27.